The molecule has 0 unspecified atom stereocenters. The minimum Gasteiger partial charge on any atom is -0.462 e. The van der Waals surface area contributed by atoms with E-state index in [9.17, 15) is 9.59 Å². The fourth-order valence-corrected chi connectivity index (χ4v) is 1.62. The molecule has 1 aromatic carbocycles. The molecule has 0 heterocycles. The monoisotopic (exact) mass is 280 g/mol. The Hall–Kier alpha value is -1.72. The van der Waals surface area contributed by atoms with E-state index >= 15 is 0 Å². The molecule has 1 aromatic rings. The molecule has 0 aliphatic carbocycles. The Labute approximate surface area is 118 Å². The Kier molecular flexibility index (Phi) is 6.90. The molecule has 0 N–H and O–H groups in total. The Morgan fingerprint density at radius 1 is 0.900 bits per heavy atom. The average Bonchev–Trinajstić information content (AvgIpc) is 2.47. The largest absolute Gasteiger partial charge is 0.462 e. The number of esters is 1. The molecule has 110 valence electrons. The first-order chi connectivity index (χ1) is 9.63. The van der Waals surface area contributed by atoms with Gasteiger partial charge in [-0.2, -0.15) is 0 Å². The van der Waals surface area contributed by atoms with Gasteiger partial charge in [-0.1, -0.05) is 12.1 Å². The third kappa shape index (κ3) is 4.43. The summed E-state index contributed by atoms with van der Waals surface area (Å²) in [4.78, 5) is 23.7. The van der Waals surface area contributed by atoms with Crippen molar-refractivity contribution >= 4 is 11.8 Å². The van der Waals surface area contributed by atoms with Crippen molar-refractivity contribution in [3.8, 4) is 0 Å². The van der Waals surface area contributed by atoms with Crippen LogP contribution in [0.25, 0.3) is 0 Å². The molecule has 0 fully saturated rings. The Balaban J connectivity index is 2.80. The highest BCUT2D eigenvalue weighted by Crippen LogP contribution is 2.11. The molecule has 0 saturated carbocycles. The zero-order valence-electron chi connectivity index (χ0n) is 12.0. The zero-order valence-corrected chi connectivity index (χ0v) is 12.0. The van der Waals surface area contributed by atoms with Crippen LogP contribution in [0.15, 0.2) is 24.3 Å². The van der Waals surface area contributed by atoms with Gasteiger partial charge < -0.3 is 14.2 Å². The molecule has 0 aromatic heterocycles. The van der Waals surface area contributed by atoms with Crippen LogP contribution in [0.2, 0.25) is 0 Å². The Morgan fingerprint density at radius 2 is 1.40 bits per heavy atom. The van der Waals surface area contributed by atoms with Crippen molar-refractivity contribution < 1.29 is 23.8 Å². The molecular formula is C15H20O5. The van der Waals surface area contributed by atoms with E-state index in [0.29, 0.717) is 30.9 Å². The third-order valence-corrected chi connectivity index (χ3v) is 2.53. The van der Waals surface area contributed by atoms with E-state index in [-0.39, 0.29) is 5.78 Å². The molecule has 0 aliphatic rings. The summed E-state index contributed by atoms with van der Waals surface area (Å²) in [5.74, 6) is -0.665. The summed E-state index contributed by atoms with van der Waals surface area (Å²) < 4.78 is 15.4. The molecule has 0 amide bonds. The number of ketones is 1. The minimum absolute atomic E-state index is 0.260. The summed E-state index contributed by atoms with van der Waals surface area (Å²) in [5, 5.41) is 0. The van der Waals surface area contributed by atoms with Crippen molar-refractivity contribution in [1.29, 1.82) is 0 Å². The van der Waals surface area contributed by atoms with Crippen LogP contribution in [0.4, 0.5) is 0 Å². The summed E-state index contributed by atoms with van der Waals surface area (Å²) in [6.45, 7) is 6.42. The maximum atomic E-state index is 12.2. The number of rotatable bonds is 8. The number of carbonyl (C=O) groups excluding carboxylic acids is 2. The second kappa shape index (κ2) is 8.45. The third-order valence-electron chi connectivity index (χ3n) is 2.53. The summed E-state index contributed by atoms with van der Waals surface area (Å²) >= 11 is 0. The number of carbonyl (C=O) groups is 2. The summed E-state index contributed by atoms with van der Waals surface area (Å²) in [7, 11) is 0. The van der Waals surface area contributed by atoms with E-state index in [1.54, 1.807) is 45.0 Å². The standard InChI is InChI=1S/C15H20O5/c1-4-18-14(17)12-9-7-11(8-10-12)13(16)15(19-5-2)20-6-3/h7-10,15H,4-6H2,1-3H3. The quantitative estimate of drug-likeness (QED) is 0.416. The molecule has 0 radical (unpaired) electrons. The van der Waals surface area contributed by atoms with Crippen LogP contribution in [0.1, 0.15) is 41.5 Å². The van der Waals surface area contributed by atoms with Gasteiger partial charge in [-0.15, -0.1) is 0 Å². The predicted molar refractivity (Wildman–Crippen MR) is 73.8 cm³/mol. The van der Waals surface area contributed by atoms with Crippen molar-refractivity contribution in [3.05, 3.63) is 35.4 Å². The first kappa shape index (κ1) is 16.3. The van der Waals surface area contributed by atoms with Gasteiger partial charge in [0, 0.05) is 18.8 Å². The minimum atomic E-state index is -0.904. The highest BCUT2D eigenvalue weighted by Gasteiger charge is 2.20. The van der Waals surface area contributed by atoms with Crippen LogP contribution >= 0.6 is 0 Å². The Bertz CT molecular complexity index is 432. The maximum Gasteiger partial charge on any atom is 0.338 e. The molecule has 0 bridgehead atoms. The lowest BCUT2D eigenvalue weighted by molar-refractivity contribution is -0.107. The fourth-order valence-electron chi connectivity index (χ4n) is 1.62. The number of ether oxygens (including phenoxy) is 3. The molecule has 1 rings (SSSR count). The van der Waals surface area contributed by atoms with E-state index in [0.717, 1.165) is 0 Å². The number of hydrogen-bond donors (Lipinski definition) is 0. The lowest BCUT2D eigenvalue weighted by atomic mass is 10.1. The zero-order chi connectivity index (χ0) is 15.0. The first-order valence-corrected chi connectivity index (χ1v) is 6.68. The molecule has 0 atom stereocenters. The van der Waals surface area contributed by atoms with E-state index in [2.05, 4.69) is 0 Å². The van der Waals surface area contributed by atoms with Crippen molar-refractivity contribution in [3.63, 3.8) is 0 Å². The fraction of sp³-hybridized carbons (Fsp3) is 0.467. The van der Waals surface area contributed by atoms with Crippen molar-refractivity contribution in [2.24, 2.45) is 0 Å². The van der Waals surface area contributed by atoms with Gasteiger partial charge in [-0.05, 0) is 32.9 Å². The van der Waals surface area contributed by atoms with Crippen LogP contribution < -0.4 is 0 Å². The van der Waals surface area contributed by atoms with Crippen LogP contribution in [-0.4, -0.2) is 37.9 Å². The highest BCUT2D eigenvalue weighted by molar-refractivity contribution is 5.99. The van der Waals surface area contributed by atoms with E-state index in [1.165, 1.54) is 0 Å². The lowest BCUT2D eigenvalue weighted by Gasteiger charge is -2.15. The van der Waals surface area contributed by atoms with Gasteiger partial charge in [0.05, 0.1) is 12.2 Å². The van der Waals surface area contributed by atoms with Crippen LogP contribution in [-0.2, 0) is 14.2 Å². The number of hydrogen-bond acceptors (Lipinski definition) is 5. The summed E-state index contributed by atoms with van der Waals surface area (Å²) in [6.07, 6.45) is -0.904. The first-order valence-electron chi connectivity index (χ1n) is 6.68. The Morgan fingerprint density at radius 3 is 1.85 bits per heavy atom. The van der Waals surface area contributed by atoms with E-state index < -0.39 is 12.3 Å². The lowest BCUT2D eigenvalue weighted by Crippen LogP contribution is -2.27. The summed E-state index contributed by atoms with van der Waals surface area (Å²) in [5.41, 5.74) is 0.845. The molecular weight excluding hydrogens is 260 g/mol. The van der Waals surface area contributed by atoms with Gasteiger partial charge >= 0.3 is 5.97 Å². The van der Waals surface area contributed by atoms with Gasteiger partial charge in [0.25, 0.3) is 0 Å². The topological polar surface area (TPSA) is 61.8 Å². The molecule has 5 heteroatoms. The highest BCUT2D eigenvalue weighted by atomic mass is 16.7. The summed E-state index contributed by atoms with van der Waals surface area (Å²) in [6, 6.07) is 6.25. The van der Waals surface area contributed by atoms with Crippen molar-refractivity contribution in [2.45, 2.75) is 27.1 Å². The maximum absolute atomic E-state index is 12.2. The van der Waals surface area contributed by atoms with Crippen LogP contribution in [0, 0.1) is 0 Å². The molecule has 0 spiro atoms. The smallest absolute Gasteiger partial charge is 0.338 e. The van der Waals surface area contributed by atoms with Gasteiger partial charge in [0.1, 0.15) is 0 Å². The van der Waals surface area contributed by atoms with Gasteiger partial charge in [0.15, 0.2) is 0 Å². The van der Waals surface area contributed by atoms with Crippen LogP contribution in [0.3, 0.4) is 0 Å². The predicted octanol–water partition coefficient (Wildman–Crippen LogP) is 2.45. The van der Waals surface area contributed by atoms with Crippen molar-refractivity contribution in [2.75, 3.05) is 19.8 Å². The van der Waals surface area contributed by atoms with Gasteiger partial charge in [-0.25, -0.2) is 4.79 Å². The average molecular weight is 280 g/mol. The normalized spacial score (nSPS) is 10.6. The van der Waals surface area contributed by atoms with Gasteiger partial charge in [0.2, 0.25) is 12.1 Å². The van der Waals surface area contributed by atoms with Crippen molar-refractivity contribution in [1.82, 2.24) is 0 Å². The molecule has 20 heavy (non-hydrogen) atoms. The SMILES string of the molecule is CCOC(=O)c1ccc(C(=O)C(OCC)OCC)cc1. The van der Waals surface area contributed by atoms with E-state index in [4.69, 9.17) is 14.2 Å². The number of benzene rings is 1. The molecule has 0 aliphatic heterocycles. The van der Waals surface area contributed by atoms with E-state index in [1.807, 2.05) is 0 Å². The van der Waals surface area contributed by atoms with Gasteiger partial charge in [-0.3, -0.25) is 4.79 Å². The number of Topliss-reactive ketones (excluding diaryl/α,β-unsaturated/α-hetero) is 1. The van der Waals surface area contributed by atoms with Crippen LogP contribution in [0.5, 0.6) is 0 Å². The second-order valence-electron chi connectivity index (χ2n) is 3.90. The second-order valence-corrected chi connectivity index (χ2v) is 3.90. The molecule has 5 nitrogen and oxygen atoms in total. The molecule has 0 saturated heterocycles.